The summed E-state index contributed by atoms with van der Waals surface area (Å²) in [7, 11) is 0. The number of nitrogens with two attached hydrogens (primary N) is 1. The van der Waals surface area contributed by atoms with E-state index in [0.717, 1.165) is 5.56 Å². The topological polar surface area (TPSA) is 55.1 Å². The Bertz CT molecular complexity index is 463. The van der Waals surface area contributed by atoms with E-state index in [1.165, 1.54) is 0 Å². The number of benzene rings is 1. The average Bonchev–Trinajstić information content (AvgIpc) is 2.71. The van der Waals surface area contributed by atoms with E-state index < -0.39 is 0 Å². The molecule has 1 fully saturated rings. The van der Waals surface area contributed by atoms with Crippen LogP contribution < -0.4 is 11.1 Å². The Labute approximate surface area is 109 Å². The third-order valence-electron chi connectivity index (χ3n) is 4.72. The normalized spacial score (nSPS) is 20.5. The molecule has 0 saturated heterocycles. The van der Waals surface area contributed by atoms with E-state index in [-0.39, 0.29) is 22.8 Å². The molecule has 1 aliphatic rings. The van der Waals surface area contributed by atoms with Crippen molar-refractivity contribution in [3.05, 3.63) is 35.4 Å². The Morgan fingerprint density at radius 1 is 1.28 bits per heavy atom. The lowest BCUT2D eigenvalue weighted by Gasteiger charge is -2.08. The molecule has 0 unspecified atom stereocenters. The van der Waals surface area contributed by atoms with E-state index in [2.05, 4.69) is 33.0 Å². The van der Waals surface area contributed by atoms with Crippen molar-refractivity contribution >= 4 is 5.91 Å². The number of carbonyl (C=O) groups is 1. The van der Waals surface area contributed by atoms with Crippen molar-refractivity contribution in [1.82, 2.24) is 5.32 Å². The van der Waals surface area contributed by atoms with Crippen LogP contribution in [0.1, 0.15) is 43.6 Å². The van der Waals surface area contributed by atoms with Gasteiger partial charge in [-0.15, -0.1) is 0 Å². The van der Waals surface area contributed by atoms with Crippen LogP contribution in [0.4, 0.5) is 0 Å². The molecule has 3 nitrogen and oxygen atoms in total. The van der Waals surface area contributed by atoms with E-state index in [1.807, 2.05) is 24.3 Å². The number of amides is 1. The monoisotopic (exact) mass is 246 g/mol. The van der Waals surface area contributed by atoms with Gasteiger partial charge in [-0.3, -0.25) is 4.79 Å². The lowest BCUT2D eigenvalue weighted by molar-refractivity contribution is 0.0943. The lowest BCUT2D eigenvalue weighted by Crippen LogP contribution is -2.29. The molecule has 0 spiro atoms. The van der Waals surface area contributed by atoms with E-state index in [9.17, 15) is 4.79 Å². The molecule has 1 aromatic rings. The van der Waals surface area contributed by atoms with Gasteiger partial charge in [-0.2, -0.15) is 0 Å². The Morgan fingerprint density at radius 2 is 1.89 bits per heavy atom. The van der Waals surface area contributed by atoms with Crippen LogP contribution in [0, 0.1) is 10.8 Å². The molecule has 0 bridgehead atoms. The smallest absolute Gasteiger partial charge is 0.251 e. The van der Waals surface area contributed by atoms with Gasteiger partial charge in [0, 0.05) is 18.2 Å². The fourth-order valence-electron chi connectivity index (χ4n) is 2.61. The SMILES string of the molecule is CC1(C)C(NC(=O)c2cccc(CN)c2)C1(C)C. The third-order valence-corrected chi connectivity index (χ3v) is 4.72. The quantitative estimate of drug-likeness (QED) is 0.860. The Kier molecular flexibility index (Phi) is 2.98. The number of hydrogen-bond donors (Lipinski definition) is 2. The fraction of sp³-hybridized carbons (Fsp3) is 0.533. The van der Waals surface area contributed by atoms with E-state index in [0.29, 0.717) is 12.1 Å². The number of nitrogens with one attached hydrogen (secondary N) is 1. The van der Waals surface area contributed by atoms with Gasteiger partial charge in [0.15, 0.2) is 0 Å². The van der Waals surface area contributed by atoms with E-state index in [1.54, 1.807) is 0 Å². The minimum atomic E-state index is -0.00560. The molecular formula is C15H22N2O. The summed E-state index contributed by atoms with van der Waals surface area (Å²) in [6, 6.07) is 7.73. The van der Waals surface area contributed by atoms with Gasteiger partial charge in [0.25, 0.3) is 5.91 Å². The van der Waals surface area contributed by atoms with Crippen LogP contribution >= 0.6 is 0 Å². The molecule has 2 rings (SSSR count). The van der Waals surface area contributed by atoms with Crippen molar-refractivity contribution in [2.45, 2.75) is 40.3 Å². The van der Waals surface area contributed by atoms with Gasteiger partial charge >= 0.3 is 0 Å². The maximum Gasteiger partial charge on any atom is 0.251 e. The number of carbonyl (C=O) groups excluding carboxylic acids is 1. The van der Waals surface area contributed by atoms with Crippen LogP contribution in [0.2, 0.25) is 0 Å². The molecule has 3 heteroatoms. The van der Waals surface area contributed by atoms with Gasteiger partial charge in [0.2, 0.25) is 0 Å². The molecule has 1 saturated carbocycles. The van der Waals surface area contributed by atoms with Gasteiger partial charge < -0.3 is 11.1 Å². The first-order valence-corrected chi connectivity index (χ1v) is 6.40. The van der Waals surface area contributed by atoms with Crippen LogP contribution in [0.25, 0.3) is 0 Å². The molecule has 1 aromatic carbocycles. The highest BCUT2D eigenvalue weighted by Gasteiger charge is 2.65. The summed E-state index contributed by atoms with van der Waals surface area (Å²) in [5.41, 5.74) is 7.58. The molecule has 18 heavy (non-hydrogen) atoms. The summed E-state index contributed by atoms with van der Waals surface area (Å²) in [6.45, 7) is 9.21. The summed E-state index contributed by atoms with van der Waals surface area (Å²) in [5, 5.41) is 3.12. The van der Waals surface area contributed by atoms with Gasteiger partial charge in [-0.05, 0) is 28.5 Å². The molecule has 0 radical (unpaired) electrons. The lowest BCUT2D eigenvalue weighted by atomic mass is 10.0. The number of rotatable bonds is 3. The van der Waals surface area contributed by atoms with E-state index >= 15 is 0 Å². The summed E-state index contributed by atoms with van der Waals surface area (Å²) < 4.78 is 0. The maximum absolute atomic E-state index is 12.2. The molecular weight excluding hydrogens is 224 g/mol. The number of hydrogen-bond acceptors (Lipinski definition) is 2. The van der Waals surface area contributed by atoms with Crippen LogP contribution in [0.15, 0.2) is 24.3 Å². The summed E-state index contributed by atoms with van der Waals surface area (Å²) >= 11 is 0. The van der Waals surface area contributed by atoms with Crippen LogP contribution in [0.5, 0.6) is 0 Å². The first-order chi connectivity index (χ1) is 8.30. The summed E-state index contributed by atoms with van der Waals surface area (Å²) in [5.74, 6) is -0.00560. The average molecular weight is 246 g/mol. The highest BCUT2D eigenvalue weighted by atomic mass is 16.1. The molecule has 0 aliphatic heterocycles. The van der Waals surface area contributed by atoms with Crippen molar-refractivity contribution < 1.29 is 4.79 Å². The Balaban J connectivity index is 2.10. The molecule has 1 aliphatic carbocycles. The minimum Gasteiger partial charge on any atom is -0.348 e. The van der Waals surface area contributed by atoms with Crippen molar-refractivity contribution in [2.75, 3.05) is 0 Å². The zero-order valence-electron chi connectivity index (χ0n) is 11.6. The standard InChI is InChI=1S/C15H22N2O/c1-14(2)13(15(14,3)4)17-12(18)11-7-5-6-10(8-11)9-16/h5-8,13H,9,16H2,1-4H3,(H,17,18). The molecule has 1 amide bonds. The van der Waals surface area contributed by atoms with Crippen LogP contribution in [-0.2, 0) is 6.54 Å². The first-order valence-electron chi connectivity index (χ1n) is 6.40. The van der Waals surface area contributed by atoms with Crippen molar-refractivity contribution in [3.63, 3.8) is 0 Å². The molecule has 0 heterocycles. The highest BCUT2D eigenvalue weighted by Crippen LogP contribution is 2.62. The highest BCUT2D eigenvalue weighted by molar-refractivity contribution is 5.95. The van der Waals surface area contributed by atoms with Crippen LogP contribution in [0.3, 0.4) is 0 Å². The zero-order chi connectivity index (χ0) is 13.6. The molecule has 0 aromatic heterocycles. The zero-order valence-corrected chi connectivity index (χ0v) is 11.6. The third kappa shape index (κ3) is 1.93. The first kappa shape index (κ1) is 13.1. The van der Waals surface area contributed by atoms with Crippen molar-refractivity contribution in [1.29, 1.82) is 0 Å². The van der Waals surface area contributed by atoms with Crippen LogP contribution in [-0.4, -0.2) is 11.9 Å². The Hall–Kier alpha value is -1.35. The van der Waals surface area contributed by atoms with Crippen molar-refractivity contribution in [3.8, 4) is 0 Å². The maximum atomic E-state index is 12.2. The second-order valence-electron chi connectivity index (χ2n) is 6.25. The second kappa shape index (κ2) is 4.09. The largest absolute Gasteiger partial charge is 0.348 e. The van der Waals surface area contributed by atoms with Crippen molar-refractivity contribution in [2.24, 2.45) is 16.6 Å². The predicted octanol–water partition coefficient (Wildman–Crippen LogP) is 2.31. The predicted molar refractivity (Wildman–Crippen MR) is 73.1 cm³/mol. The van der Waals surface area contributed by atoms with Gasteiger partial charge in [0.1, 0.15) is 0 Å². The summed E-state index contributed by atoms with van der Waals surface area (Å²) in [6.07, 6.45) is 0. The summed E-state index contributed by atoms with van der Waals surface area (Å²) in [4.78, 5) is 12.2. The minimum absolute atomic E-state index is 0.00560. The van der Waals surface area contributed by atoms with Gasteiger partial charge in [0.05, 0.1) is 0 Å². The Morgan fingerprint density at radius 3 is 2.39 bits per heavy atom. The molecule has 3 N–H and O–H groups in total. The van der Waals surface area contributed by atoms with Gasteiger partial charge in [-0.1, -0.05) is 39.8 Å². The van der Waals surface area contributed by atoms with E-state index in [4.69, 9.17) is 5.73 Å². The fourth-order valence-corrected chi connectivity index (χ4v) is 2.61. The second-order valence-corrected chi connectivity index (χ2v) is 6.25. The molecule has 0 atom stereocenters. The van der Waals surface area contributed by atoms with Gasteiger partial charge in [-0.25, -0.2) is 0 Å². The molecule has 98 valence electrons.